The van der Waals surface area contributed by atoms with Gasteiger partial charge in [0.25, 0.3) is 0 Å². The third-order valence-corrected chi connectivity index (χ3v) is 2.55. The van der Waals surface area contributed by atoms with Crippen LogP contribution in [0.3, 0.4) is 0 Å². The van der Waals surface area contributed by atoms with E-state index in [2.05, 4.69) is 21.5 Å². The highest BCUT2D eigenvalue weighted by Gasteiger charge is 2.27. The van der Waals surface area contributed by atoms with E-state index in [9.17, 15) is 4.79 Å². The lowest BCUT2D eigenvalue weighted by atomic mass is 10.1. The molecule has 1 amide bonds. The molecule has 0 aromatic carbocycles. The van der Waals surface area contributed by atoms with Crippen LogP contribution in [-0.2, 0) is 4.79 Å². The third-order valence-electron chi connectivity index (χ3n) is 2.55. The Morgan fingerprint density at radius 1 is 1.73 bits per heavy atom. The summed E-state index contributed by atoms with van der Waals surface area (Å²) < 4.78 is 0. The smallest absolute Gasteiger partial charge is 0.238 e. The van der Waals surface area contributed by atoms with Gasteiger partial charge in [0.15, 0.2) is 0 Å². The molecule has 1 aliphatic heterocycles. The monoisotopic (exact) mass is 209 g/mol. The number of likely N-dealkylation sites (N-methyl/N-ethyl adjacent to an activating group) is 1. The minimum atomic E-state index is -0.0629. The second kappa shape index (κ2) is 6.44. The van der Waals surface area contributed by atoms with Gasteiger partial charge in [0.1, 0.15) is 6.04 Å². The van der Waals surface area contributed by atoms with Crippen molar-refractivity contribution in [3.8, 4) is 12.3 Å². The zero-order valence-electron chi connectivity index (χ0n) is 9.25. The van der Waals surface area contributed by atoms with E-state index in [0.717, 1.165) is 26.2 Å². The number of piperazine rings is 1. The van der Waals surface area contributed by atoms with Gasteiger partial charge in [-0.1, -0.05) is 0 Å². The lowest BCUT2D eigenvalue weighted by molar-refractivity contribution is -0.126. The third kappa shape index (κ3) is 3.54. The van der Waals surface area contributed by atoms with Crippen molar-refractivity contribution in [2.24, 2.45) is 0 Å². The van der Waals surface area contributed by atoms with Gasteiger partial charge in [-0.2, -0.15) is 0 Å². The van der Waals surface area contributed by atoms with E-state index in [4.69, 9.17) is 6.42 Å². The molecule has 0 saturated carbocycles. The summed E-state index contributed by atoms with van der Waals surface area (Å²) in [5, 5.41) is 6.08. The summed E-state index contributed by atoms with van der Waals surface area (Å²) in [7, 11) is 0. The van der Waals surface area contributed by atoms with Crippen molar-refractivity contribution in [1.82, 2.24) is 15.5 Å². The highest BCUT2D eigenvalue weighted by atomic mass is 16.2. The Labute approximate surface area is 91.4 Å². The second-order valence-electron chi connectivity index (χ2n) is 3.60. The van der Waals surface area contributed by atoms with Crippen LogP contribution in [0.5, 0.6) is 0 Å². The Morgan fingerprint density at radius 2 is 2.53 bits per heavy atom. The first-order valence-corrected chi connectivity index (χ1v) is 5.45. The summed E-state index contributed by atoms with van der Waals surface area (Å²) in [4.78, 5) is 13.9. The molecule has 15 heavy (non-hydrogen) atoms. The Balaban J connectivity index is 2.49. The minimum absolute atomic E-state index is 0.0629. The van der Waals surface area contributed by atoms with Gasteiger partial charge in [0.2, 0.25) is 5.91 Å². The summed E-state index contributed by atoms with van der Waals surface area (Å²) >= 11 is 0. The van der Waals surface area contributed by atoms with Crippen molar-refractivity contribution < 1.29 is 4.79 Å². The summed E-state index contributed by atoms with van der Waals surface area (Å²) in [6.07, 6.45) is 5.94. The molecule has 1 rings (SSSR count). The molecule has 2 N–H and O–H groups in total. The summed E-state index contributed by atoms with van der Waals surface area (Å²) in [6.45, 7) is 5.96. The van der Waals surface area contributed by atoms with E-state index in [-0.39, 0.29) is 11.9 Å². The molecule has 0 radical (unpaired) electrons. The zero-order chi connectivity index (χ0) is 11.1. The number of nitrogens with zero attached hydrogens (tertiary/aromatic N) is 1. The standard InChI is InChI=1S/C11H19N3O/c1-3-5-7-14-8-6-12-9-10(14)11(15)13-4-2/h1,10,12H,4-9H2,2H3,(H,13,15). The molecule has 0 aromatic heterocycles. The van der Waals surface area contributed by atoms with Gasteiger partial charge in [-0.15, -0.1) is 12.3 Å². The zero-order valence-corrected chi connectivity index (χ0v) is 9.25. The lowest BCUT2D eigenvalue weighted by Gasteiger charge is -2.34. The number of carbonyl (C=O) groups is 1. The summed E-state index contributed by atoms with van der Waals surface area (Å²) in [6, 6.07) is -0.0629. The number of hydrogen-bond acceptors (Lipinski definition) is 3. The minimum Gasteiger partial charge on any atom is -0.355 e. The van der Waals surface area contributed by atoms with Crippen LogP contribution >= 0.6 is 0 Å². The Kier molecular flexibility index (Phi) is 5.16. The maximum atomic E-state index is 11.7. The molecule has 4 nitrogen and oxygen atoms in total. The van der Waals surface area contributed by atoms with Gasteiger partial charge in [0, 0.05) is 39.1 Å². The van der Waals surface area contributed by atoms with E-state index in [1.807, 2.05) is 6.92 Å². The number of nitrogens with one attached hydrogen (secondary N) is 2. The van der Waals surface area contributed by atoms with Crippen molar-refractivity contribution in [3.05, 3.63) is 0 Å². The van der Waals surface area contributed by atoms with Gasteiger partial charge in [-0.3, -0.25) is 9.69 Å². The van der Waals surface area contributed by atoms with Crippen molar-refractivity contribution in [2.45, 2.75) is 19.4 Å². The molecular weight excluding hydrogens is 190 g/mol. The van der Waals surface area contributed by atoms with E-state index < -0.39 is 0 Å². The number of terminal acetylenes is 1. The van der Waals surface area contributed by atoms with Crippen molar-refractivity contribution in [1.29, 1.82) is 0 Å². The van der Waals surface area contributed by atoms with E-state index in [0.29, 0.717) is 13.0 Å². The fourth-order valence-electron chi connectivity index (χ4n) is 1.77. The Morgan fingerprint density at radius 3 is 3.20 bits per heavy atom. The fraction of sp³-hybridized carbons (Fsp3) is 0.727. The van der Waals surface area contributed by atoms with Crippen molar-refractivity contribution in [2.75, 3.05) is 32.7 Å². The van der Waals surface area contributed by atoms with Gasteiger partial charge in [-0.05, 0) is 6.92 Å². The van der Waals surface area contributed by atoms with Crippen LogP contribution in [0, 0.1) is 12.3 Å². The molecule has 1 fully saturated rings. The molecule has 1 atom stereocenters. The predicted octanol–water partition coefficient (Wildman–Crippen LogP) is -0.580. The average Bonchev–Trinajstić information content (AvgIpc) is 2.27. The number of hydrogen-bond donors (Lipinski definition) is 2. The number of amides is 1. The quantitative estimate of drug-likeness (QED) is 0.609. The lowest BCUT2D eigenvalue weighted by Crippen LogP contribution is -2.57. The van der Waals surface area contributed by atoms with Gasteiger partial charge in [-0.25, -0.2) is 0 Å². The molecule has 1 unspecified atom stereocenters. The molecule has 0 bridgehead atoms. The molecule has 1 heterocycles. The fourth-order valence-corrected chi connectivity index (χ4v) is 1.77. The number of carbonyl (C=O) groups excluding carboxylic acids is 1. The Bertz CT molecular complexity index is 247. The molecule has 0 spiro atoms. The maximum Gasteiger partial charge on any atom is 0.238 e. The predicted molar refractivity (Wildman–Crippen MR) is 60.4 cm³/mol. The van der Waals surface area contributed by atoms with E-state index in [1.54, 1.807) is 0 Å². The largest absolute Gasteiger partial charge is 0.355 e. The number of rotatable bonds is 4. The highest BCUT2D eigenvalue weighted by Crippen LogP contribution is 2.04. The average molecular weight is 209 g/mol. The molecule has 84 valence electrons. The molecule has 1 saturated heterocycles. The van der Waals surface area contributed by atoms with Crippen LogP contribution in [0.15, 0.2) is 0 Å². The molecule has 0 aliphatic carbocycles. The van der Waals surface area contributed by atoms with Crippen molar-refractivity contribution in [3.63, 3.8) is 0 Å². The van der Waals surface area contributed by atoms with E-state index >= 15 is 0 Å². The van der Waals surface area contributed by atoms with Crippen LogP contribution in [0.2, 0.25) is 0 Å². The molecule has 0 aromatic rings. The van der Waals surface area contributed by atoms with Gasteiger partial charge in [0.05, 0.1) is 0 Å². The SMILES string of the molecule is C#CCCN1CCNCC1C(=O)NCC. The molecule has 1 aliphatic rings. The highest BCUT2D eigenvalue weighted by molar-refractivity contribution is 5.82. The first-order chi connectivity index (χ1) is 7.29. The van der Waals surface area contributed by atoms with E-state index in [1.165, 1.54) is 0 Å². The normalized spacial score (nSPS) is 22.0. The summed E-state index contributed by atoms with van der Waals surface area (Å²) in [5.74, 6) is 2.71. The van der Waals surface area contributed by atoms with Crippen LogP contribution < -0.4 is 10.6 Å². The first-order valence-electron chi connectivity index (χ1n) is 5.45. The Hall–Kier alpha value is -1.05. The second-order valence-corrected chi connectivity index (χ2v) is 3.60. The van der Waals surface area contributed by atoms with Crippen LogP contribution in [-0.4, -0.2) is 49.6 Å². The summed E-state index contributed by atoms with van der Waals surface area (Å²) in [5.41, 5.74) is 0. The van der Waals surface area contributed by atoms with Crippen LogP contribution in [0.25, 0.3) is 0 Å². The molecular formula is C11H19N3O. The first kappa shape index (κ1) is 12.0. The van der Waals surface area contributed by atoms with Crippen LogP contribution in [0.1, 0.15) is 13.3 Å². The molecule has 4 heteroatoms. The maximum absolute atomic E-state index is 11.7. The van der Waals surface area contributed by atoms with Crippen molar-refractivity contribution >= 4 is 5.91 Å². The van der Waals surface area contributed by atoms with Crippen LogP contribution in [0.4, 0.5) is 0 Å². The van der Waals surface area contributed by atoms with Gasteiger partial charge < -0.3 is 10.6 Å². The van der Waals surface area contributed by atoms with Gasteiger partial charge >= 0.3 is 0 Å². The topological polar surface area (TPSA) is 44.4 Å².